The molecule has 0 aliphatic carbocycles. The molecular weight excluding hydrogens is 336 g/mol. The van der Waals surface area contributed by atoms with Crippen molar-refractivity contribution in [2.75, 3.05) is 13.1 Å². The van der Waals surface area contributed by atoms with Gasteiger partial charge in [-0.25, -0.2) is 4.79 Å². The van der Waals surface area contributed by atoms with Crippen molar-refractivity contribution < 1.29 is 14.7 Å². The van der Waals surface area contributed by atoms with Gasteiger partial charge in [0, 0.05) is 17.6 Å². The monoisotopic (exact) mass is 356 g/mol. The summed E-state index contributed by atoms with van der Waals surface area (Å²) < 4.78 is 0.952. The van der Waals surface area contributed by atoms with Crippen LogP contribution in [0.2, 0.25) is 0 Å². The lowest BCUT2D eigenvalue weighted by Gasteiger charge is -2.25. The Labute approximate surface area is 133 Å². The first-order valence-electron chi connectivity index (χ1n) is 6.88. The van der Waals surface area contributed by atoms with E-state index in [1.165, 1.54) is 4.90 Å². The number of amides is 2. The number of nitrogens with one attached hydrogen (secondary N) is 1. The molecule has 0 aliphatic heterocycles. The van der Waals surface area contributed by atoms with Gasteiger partial charge in [-0.3, -0.25) is 4.79 Å². The Kier molecular flexibility index (Phi) is 6.68. The fourth-order valence-electron chi connectivity index (χ4n) is 1.90. The van der Waals surface area contributed by atoms with Crippen LogP contribution in [0.4, 0.5) is 4.79 Å². The Morgan fingerprint density at radius 1 is 1.38 bits per heavy atom. The van der Waals surface area contributed by atoms with Gasteiger partial charge < -0.3 is 15.3 Å². The van der Waals surface area contributed by atoms with Crippen molar-refractivity contribution in [2.45, 2.75) is 26.8 Å². The molecule has 0 heterocycles. The number of urea groups is 1. The van der Waals surface area contributed by atoms with Crippen molar-refractivity contribution in [3.05, 3.63) is 34.3 Å². The molecule has 2 amide bonds. The smallest absolute Gasteiger partial charge is 0.317 e. The largest absolute Gasteiger partial charge is 0.481 e. The Bertz CT molecular complexity index is 507. The number of rotatable bonds is 6. The van der Waals surface area contributed by atoms with Gasteiger partial charge in [0.05, 0.1) is 12.0 Å². The highest BCUT2D eigenvalue weighted by atomic mass is 79.9. The molecule has 1 aromatic carbocycles. The Balaban J connectivity index is 2.67. The predicted octanol–water partition coefficient (Wildman–Crippen LogP) is 3.26. The number of benzene rings is 1. The van der Waals surface area contributed by atoms with Crippen LogP contribution in [0.5, 0.6) is 0 Å². The van der Waals surface area contributed by atoms with Crippen LogP contribution >= 0.6 is 15.9 Å². The minimum Gasteiger partial charge on any atom is -0.481 e. The number of nitrogens with zero attached hydrogens (tertiary/aromatic N) is 1. The first kappa shape index (κ1) is 17.5. The molecule has 116 valence electrons. The molecule has 0 saturated carbocycles. The maximum Gasteiger partial charge on any atom is 0.317 e. The van der Waals surface area contributed by atoms with Crippen molar-refractivity contribution in [1.29, 1.82) is 0 Å². The molecule has 5 nitrogen and oxygen atoms in total. The van der Waals surface area contributed by atoms with Crippen molar-refractivity contribution in [1.82, 2.24) is 10.2 Å². The molecule has 2 N–H and O–H groups in total. The summed E-state index contributed by atoms with van der Waals surface area (Å²) in [4.78, 5) is 24.6. The standard InChI is InChI=1S/C15H21BrN2O3/c1-4-18(9-10(2)14(19)20)15(21)17-11(3)12-6-5-7-13(16)8-12/h5-8,10-11H,4,9H2,1-3H3,(H,17,21)(H,19,20). The van der Waals surface area contributed by atoms with Gasteiger partial charge in [-0.1, -0.05) is 35.0 Å². The lowest BCUT2D eigenvalue weighted by Crippen LogP contribution is -2.44. The second kappa shape index (κ2) is 8.02. The number of carboxylic acid groups (broad SMARTS) is 1. The second-order valence-electron chi connectivity index (χ2n) is 5.00. The zero-order chi connectivity index (χ0) is 16.0. The molecule has 2 atom stereocenters. The highest BCUT2D eigenvalue weighted by molar-refractivity contribution is 9.10. The summed E-state index contributed by atoms with van der Waals surface area (Å²) in [6.45, 7) is 5.99. The van der Waals surface area contributed by atoms with E-state index in [0.717, 1.165) is 10.0 Å². The van der Waals surface area contributed by atoms with Crippen LogP contribution in [0.1, 0.15) is 32.4 Å². The van der Waals surface area contributed by atoms with Gasteiger partial charge in [-0.15, -0.1) is 0 Å². The Morgan fingerprint density at radius 3 is 2.57 bits per heavy atom. The minimum absolute atomic E-state index is 0.149. The fraction of sp³-hybridized carbons (Fsp3) is 0.467. The fourth-order valence-corrected chi connectivity index (χ4v) is 2.32. The molecule has 1 rings (SSSR count). The molecule has 0 saturated heterocycles. The van der Waals surface area contributed by atoms with Gasteiger partial charge in [0.1, 0.15) is 0 Å². The van der Waals surface area contributed by atoms with E-state index in [1.54, 1.807) is 6.92 Å². The normalized spacial score (nSPS) is 13.3. The third kappa shape index (κ3) is 5.38. The van der Waals surface area contributed by atoms with E-state index in [2.05, 4.69) is 21.2 Å². The maximum absolute atomic E-state index is 12.2. The van der Waals surface area contributed by atoms with E-state index in [-0.39, 0.29) is 18.6 Å². The van der Waals surface area contributed by atoms with E-state index < -0.39 is 11.9 Å². The maximum atomic E-state index is 12.2. The van der Waals surface area contributed by atoms with Gasteiger partial charge in [0.25, 0.3) is 0 Å². The van der Waals surface area contributed by atoms with Crippen molar-refractivity contribution in [2.24, 2.45) is 5.92 Å². The topological polar surface area (TPSA) is 69.6 Å². The Morgan fingerprint density at radius 2 is 2.05 bits per heavy atom. The lowest BCUT2D eigenvalue weighted by atomic mass is 10.1. The summed E-state index contributed by atoms with van der Waals surface area (Å²) in [5, 5.41) is 11.8. The number of halogens is 1. The van der Waals surface area contributed by atoms with E-state index in [9.17, 15) is 9.59 Å². The van der Waals surface area contributed by atoms with Crippen LogP contribution in [0, 0.1) is 5.92 Å². The highest BCUT2D eigenvalue weighted by Gasteiger charge is 2.20. The number of hydrogen-bond donors (Lipinski definition) is 2. The molecule has 0 fully saturated rings. The van der Waals surface area contributed by atoms with Crippen molar-refractivity contribution in [3.8, 4) is 0 Å². The zero-order valence-electron chi connectivity index (χ0n) is 12.5. The highest BCUT2D eigenvalue weighted by Crippen LogP contribution is 2.18. The molecule has 1 aromatic rings. The molecule has 0 bridgehead atoms. The second-order valence-corrected chi connectivity index (χ2v) is 5.92. The van der Waals surface area contributed by atoms with Gasteiger partial charge in [0.2, 0.25) is 0 Å². The number of aliphatic carboxylic acids is 1. The summed E-state index contributed by atoms with van der Waals surface area (Å²) in [6, 6.07) is 7.31. The third-order valence-electron chi connectivity index (χ3n) is 3.27. The van der Waals surface area contributed by atoms with E-state index in [4.69, 9.17) is 5.11 Å². The molecule has 0 aromatic heterocycles. The van der Waals surface area contributed by atoms with Gasteiger partial charge in [-0.2, -0.15) is 0 Å². The predicted molar refractivity (Wildman–Crippen MR) is 85.1 cm³/mol. The summed E-state index contributed by atoms with van der Waals surface area (Å²) >= 11 is 3.40. The number of carbonyl (C=O) groups is 2. The first-order chi connectivity index (χ1) is 9.85. The molecule has 0 spiro atoms. The summed E-state index contributed by atoms with van der Waals surface area (Å²) in [7, 11) is 0. The van der Waals surface area contributed by atoms with E-state index in [1.807, 2.05) is 38.1 Å². The zero-order valence-corrected chi connectivity index (χ0v) is 14.1. The molecule has 2 unspecified atom stereocenters. The third-order valence-corrected chi connectivity index (χ3v) is 3.77. The van der Waals surface area contributed by atoms with E-state index in [0.29, 0.717) is 6.54 Å². The van der Waals surface area contributed by atoms with Crippen molar-refractivity contribution >= 4 is 27.9 Å². The van der Waals surface area contributed by atoms with Crippen LogP contribution in [0.3, 0.4) is 0 Å². The van der Waals surface area contributed by atoms with Gasteiger partial charge in [-0.05, 0) is 31.5 Å². The number of carbonyl (C=O) groups excluding carboxylic acids is 1. The van der Waals surface area contributed by atoms with Gasteiger partial charge >= 0.3 is 12.0 Å². The van der Waals surface area contributed by atoms with Crippen LogP contribution < -0.4 is 5.32 Å². The molecular formula is C15H21BrN2O3. The lowest BCUT2D eigenvalue weighted by molar-refractivity contribution is -0.141. The number of carboxylic acids is 1. The Hall–Kier alpha value is -1.56. The van der Waals surface area contributed by atoms with Gasteiger partial charge in [0.15, 0.2) is 0 Å². The first-order valence-corrected chi connectivity index (χ1v) is 7.68. The van der Waals surface area contributed by atoms with Crippen LogP contribution in [0.25, 0.3) is 0 Å². The summed E-state index contributed by atoms with van der Waals surface area (Å²) in [5.41, 5.74) is 0.986. The molecule has 0 radical (unpaired) electrons. The number of hydrogen-bond acceptors (Lipinski definition) is 2. The molecule has 0 aliphatic rings. The van der Waals surface area contributed by atoms with E-state index >= 15 is 0 Å². The quantitative estimate of drug-likeness (QED) is 0.821. The summed E-state index contributed by atoms with van der Waals surface area (Å²) in [6.07, 6.45) is 0. The van der Waals surface area contributed by atoms with Crippen LogP contribution in [0.15, 0.2) is 28.7 Å². The average Bonchev–Trinajstić information content (AvgIpc) is 2.43. The molecule has 21 heavy (non-hydrogen) atoms. The average molecular weight is 357 g/mol. The SMILES string of the molecule is CCN(CC(C)C(=O)O)C(=O)NC(C)c1cccc(Br)c1. The minimum atomic E-state index is -0.902. The van der Waals surface area contributed by atoms with Crippen LogP contribution in [-0.2, 0) is 4.79 Å². The summed E-state index contributed by atoms with van der Waals surface area (Å²) in [5.74, 6) is -1.49. The van der Waals surface area contributed by atoms with Crippen molar-refractivity contribution in [3.63, 3.8) is 0 Å². The van der Waals surface area contributed by atoms with Crippen LogP contribution in [-0.4, -0.2) is 35.1 Å². The molecule has 6 heteroatoms.